The maximum absolute atomic E-state index is 11.2. The van der Waals surface area contributed by atoms with Gasteiger partial charge < -0.3 is 10.1 Å². The molecule has 0 aromatic heterocycles. The summed E-state index contributed by atoms with van der Waals surface area (Å²) in [6, 6.07) is -0.0260. The summed E-state index contributed by atoms with van der Waals surface area (Å²) in [5, 5.41) is 3.31. The third kappa shape index (κ3) is 2.64. The molecule has 0 saturated carbocycles. The van der Waals surface area contributed by atoms with Gasteiger partial charge in [0.15, 0.2) is 0 Å². The largest absolute Gasteiger partial charge is 0.464 e. The van der Waals surface area contributed by atoms with Gasteiger partial charge in [0.1, 0.15) is 6.04 Å². The zero-order valence-electron chi connectivity index (χ0n) is 8.33. The van der Waals surface area contributed by atoms with Crippen molar-refractivity contribution in [3.05, 3.63) is 0 Å². The van der Waals surface area contributed by atoms with Gasteiger partial charge in [-0.2, -0.15) is 11.8 Å². The molecule has 2 aliphatic heterocycles. The molecule has 80 valence electrons. The number of carbonyl (C=O) groups excluding carboxylic acids is 1. The lowest BCUT2D eigenvalue weighted by atomic mass is 10.1. The van der Waals surface area contributed by atoms with Crippen LogP contribution < -0.4 is 5.32 Å². The number of carbonyl (C=O) groups is 1. The average Bonchev–Trinajstić information content (AvgIpc) is 2.63. The zero-order valence-corrected chi connectivity index (χ0v) is 9.15. The summed E-state index contributed by atoms with van der Waals surface area (Å²) >= 11 is 2.03. The highest BCUT2D eigenvalue weighted by Crippen LogP contribution is 2.22. The summed E-state index contributed by atoms with van der Waals surface area (Å²) in [5.74, 6) is 3.24. The van der Waals surface area contributed by atoms with Gasteiger partial charge >= 0.3 is 5.97 Å². The number of hydrogen-bond donors (Lipinski definition) is 1. The Hall–Kier alpha value is -0.220. The van der Waals surface area contributed by atoms with Crippen molar-refractivity contribution >= 4 is 17.7 Å². The molecule has 2 unspecified atom stereocenters. The normalized spacial score (nSPS) is 33.0. The fourth-order valence-corrected chi connectivity index (χ4v) is 3.11. The number of thioether (sulfide) groups is 1. The zero-order chi connectivity index (χ0) is 9.80. The van der Waals surface area contributed by atoms with E-state index in [4.69, 9.17) is 4.74 Å². The van der Waals surface area contributed by atoms with Crippen LogP contribution in [-0.4, -0.2) is 36.7 Å². The van der Waals surface area contributed by atoms with E-state index in [-0.39, 0.29) is 12.0 Å². The van der Waals surface area contributed by atoms with Crippen LogP contribution in [0.4, 0.5) is 0 Å². The van der Waals surface area contributed by atoms with Gasteiger partial charge in [-0.1, -0.05) is 0 Å². The Labute approximate surface area is 89.0 Å². The Bertz CT molecular complexity index is 204. The predicted molar refractivity (Wildman–Crippen MR) is 57.4 cm³/mol. The summed E-state index contributed by atoms with van der Waals surface area (Å²) in [4.78, 5) is 11.2. The highest BCUT2D eigenvalue weighted by atomic mass is 32.2. The first-order valence-electron chi connectivity index (χ1n) is 5.34. The van der Waals surface area contributed by atoms with E-state index in [0.29, 0.717) is 6.61 Å². The van der Waals surface area contributed by atoms with E-state index in [1.807, 2.05) is 11.8 Å². The summed E-state index contributed by atoms with van der Waals surface area (Å²) in [7, 11) is 0. The number of esters is 1. The van der Waals surface area contributed by atoms with Crippen LogP contribution in [-0.2, 0) is 9.53 Å². The van der Waals surface area contributed by atoms with E-state index in [0.717, 1.165) is 18.9 Å². The molecule has 0 radical (unpaired) electrons. The van der Waals surface area contributed by atoms with Gasteiger partial charge in [0.25, 0.3) is 0 Å². The van der Waals surface area contributed by atoms with Gasteiger partial charge in [-0.3, -0.25) is 4.79 Å². The molecule has 0 aromatic carbocycles. The minimum absolute atomic E-state index is 0.0260. The van der Waals surface area contributed by atoms with Crippen LogP contribution in [0, 0.1) is 5.92 Å². The molecule has 0 aliphatic carbocycles. The van der Waals surface area contributed by atoms with Crippen molar-refractivity contribution in [1.29, 1.82) is 0 Å². The second-order valence-corrected chi connectivity index (χ2v) is 5.15. The Morgan fingerprint density at radius 3 is 3.07 bits per heavy atom. The first kappa shape index (κ1) is 10.3. The van der Waals surface area contributed by atoms with Crippen molar-refractivity contribution in [2.45, 2.75) is 25.3 Å². The molecule has 1 N–H and O–H groups in total. The fraction of sp³-hybridized carbons (Fsp3) is 0.900. The minimum Gasteiger partial charge on any atom is -0.464 e. The van der Waals surface area contributed by atoms with Crippen molar-refractivity contribution < 1.29 is 9.53 Å². The Morgan fingerprint density at radius 2 is 2.43 bits per heavy atom. The van der Waals surface area contributed by atoms with E-state index < -0.39 is 0 Å². The SMILES string of the molecule is O=C1OCCC1NCC1CCCSC1. The lowest BCUT2D eigenvalue weighted by molar-refractivity contribution is -0.139. The highest BCUT2D eigenvalue weighted by Gasteiger charge is 2.26. The molecular weight excluding hydrogens is 198 g/mol. The molecule has 2 heterocycles. The second kappa shape index (κ2) is 5.03. The first-order valence-corrected chi connectivity index (χ1v) is 6.49. The standard InChI is InChI=1S/C10H17NO2S/c12-10-9(3-4-13-10)11-6-8-2-1-5-14-7-8/h8-9,11H,1-7H2. The van der Waals surface area contributed by atoms with Crippen LogP contribution in [0.25, 0.3) is 0 Å². The lowest BCUT2D eigenvalue weighted by Gasteiger charge is -2.22. The Balaban J connectivity index is 1.68. The smallest absolute Gasteiger partial charge is 0.323 e. The van der Waals surface area contributed by atoms with E-state index in [2.05, 4.69) is 5.32 Å². The number of nitrogens with one attached hydrogen (secondary N) is 1. The molecule has 0 spiro atoms. The average molecular weight is 215 g/mol. The summed E-state index contributed by atoms with van der Waals surface area (Å²) in [5.41, 5.74) is 0. The minimum atomic E-state index is -0.0616. The van der Waals surface area contributed by atoms with E-state index in [1.54, 1.807) is 0 Å². The van der Waals surface area contributed by atoms with Crippen molar-refractivity contribution in [1.82, 2.24) is 5.32 Å². The molecule has 0 amide bonds. The molecule has 2 saturated heterocycles. The Morgan fingerprint density at radius 1 is 1.50 bits per heavy atom. The van der Waals surface area contributed by atoms with Crippen molar-refractivity contribution in [3.63, 3.8) is 0 Å². The molecule has 2 atom stereocenters. The topological polar surface area (TPSA) is 38.3 Å². The molecule has 14 heavy (non-hydrogen) atoms. The summed E-state index contributed by atoms with van der Waals surface area (Å²) < 4.78 is 4.90. The number of rotatable bonds is 3. The van der Waals surface area contributed by atoms with Gasteiger partial charge in [-0.15, -0.1) is 0 Å². The van der Waals surface area contributed by atoms with Crippen LogP contribution in [0.3, 0.4) is 0 Å². The maximum Gasteiger partial charge on any atom is 0.323 e. The molecular formula is C10H17NO2S. The number of cyclic esters (lactones) is 1. The van der Waals surface area contributed by atoms with Crippen LogP contribution in [0.15, 0.2) is 0 Å². The molecule has 3 nitrogen and oxygen atoms in total. The molecule has 2 rings (SSSR count). The molecule has 0 bridgehead atoms. The fourth-order valence-electron chi connectivity index (χ4n) is 1.96. The van der Waals surface area contributed by atoms with Gasteiger partial charge in [0, 0.05) is 6.42 Å². The first-order chi connectivity index (χ1) is 6.86. The third-order valence-corrected chi connectivity index (χ3v) is 4.13. The van der Waals surface area contributed by atoms with E-state index in [9.17, 15) is 4.79 Å². The van der Waals surface area contributed by atoms with Crippen LogP contribution in [0.1, 0.15) is 19.3 Å². The molecule has 4 heteroatoms. The summed E-state index contributed by atoms with van der Waals surface area (Å²) in [6.45, 7) is 1.57. The summed E-state index contributed by atoms with van der Waals surface area (Å²) in [6.07, 6.45) is 3.48. The van der Waals surface area contributed by atoms with Gasteiger partial charge in [-0.25, -0.2) is 0 Å². The van der Waals surface area contributed by atoms with Crippen molar-refractivity contribution in [2.24, 2.45) is 5.92 Å². The maximum atomic E-state index is 11.2. The third-order valence-electron chi connectivity index (χ3n) is 2.84. The van der Waals surface area contributed by atoms with Crippen molar-refractivity contribution in [3.8, 4) is 0 Å². The Kier molecular flexibility index (Phi) is 3.70. The van der Waals surface area contributed by atoms with Crippen LogP contribution in [0.2, 0.25) is 0 Å². The van der Waals surface area contributed by atoms with Gasteiger partial charge in [-0.05, 0) is 36.8 Å². The lowest BCUT2D eigenvalue weighted by Crippen LogP contribution is -2.37. The quantitative estimate of drug-likeness (QED) is 0.714. The van der Waals surface area contributed by atoms with E-state index in [1.165, 1.54) is 24.3 Å². The van der Waals surface area contributed by atoms with Gasteiger partial charge in [0.05, 0.1) is 6.61 Å². The predicted octanol–water partition coefficient (Wildman–Crippen LogP) is 1.03. The second-order valence-electron chi connectivity index (χ2n) is 4.00. The monoisotopic (exact) mass is 215 g/mol. The molecule has 2 aliphatic rings. The van der Waals surface area contributed by atoms with Crippen LogP contribution >= 0.6 is 11.8 Å². The van der Waals surface area contributed by atoms with Gasteiger partial charge in [0.2, 0.25) is 0 Å². The highest BCUT2D eigenvalue weighted by molar-refractivity contribution is 7.99. The van der Waals surface area contributed by atoms with Crippen LogP contribution in [0.5, 0.6) is 0 Å². The van der Waals surface area contributed by atoms with Crippen molar-refractivity contribution in [2.75, 3.05) is 24.7 Å². The molecule has 0 aromatic rings. The number of ether oxygens (including phenoxy) is 1. The molecule has 2 fully saturated rings. The number of hydrogen-bond acceptors (Lipinski definition) is 4. The van der Waals surface area contributed by atoms with E-state index >= 15 is 0 Å².